The van der Waals surface area contributed by atoms with E-state index in [4.69, 9.17) is 5.11 Å². The number of carbonyl (C=O) groups is 1. The Morgan fingerprint density at radius 3 is 3.08 bits per heavy atom. The van der Waals surface area contributed by atoms with Crippen LogP contribution in [0.15, 0.2) is 30.1 Å². The molecule has 1 unspecified atom stereocenters. The van der Waals surface area contributed by atoms with Crippen molar-refractivity contribution in [2.45, 2.75) is 6.23 Å². The normalized spacial score (nSPS) is 20.1. The number of aromatic nitrogens is 1. The van der Waals surface area contributed by atoms with Crippen molar-refractivity contribution in [2.75, 3.05) is 5.32 Å². The Morgan fingerprint density at radius 2 is 2.38 bits per heavy atom. The van der Waals surface area contributed by atoms with E-state index in [1.165, 1.54) is 10.8 Å². The molecule has 13 heavy (non-hydrogen) atoms. The number of anilines is 1. The first-order valence-electron chi connectivity index (χ1n) is 3.75. The van der Waals surface area contributed by atoms with E-state index in [2.05, 4.69) is 5.32 Å². The number of aliphatic hydroxyl groups is 1. The van der Waals surface area contributed by atoms with Crippen LogP contribution in [-0.2, 0) is 4.79 Å². The van der Waals surface area contributed by atoms with Gasteiger partial charge in [-0.15, -0.1) is 0 Å². The Bertz CT molecular complexity index is 380. The second-order valence-corrected chi connectivity index (χ2v) is 2.72. The molecule has 0 amide bonds. The van der Waals surface area contributed by atoms with Crippen LogP contribution in [0.5, 0.6) is 0 Å². The minimum atomic E-state index is -1.13. The quantitative estimate of drug-likeness (QED) is 0.583. The molecule has 5 nitrogen and oxygen atoms in total. The molecule has 2 rings (SSSR count). The van der Waals surface area contributed by atoms with Crippen molar-refractivity contribution in [3.05, 3.63) is 30.1 Å². The number of hydrogen-bond donors (Lipinski definition) is 3. The predicted molar refractivity (Wildman–Crippen MR) is 45.0 cm³/mol. The molecule has 0 aromatic carbocycles. The third-order valence-electron chi connectivity index (χ3n) is 1.94. The number of hydrogen-bond acceptors (Lipinski definition) is 3. The van der Waals surface area contributed by atoms with Crippen molar-refractivity contribution in [1.29, 1.82) is 0 Å². The van der Waals surface area contributed by atoms with Gasteiger partial charge in [0.15, 0.2) is 6.23 Å². The van der Waals surface area contributed by atoms with Gasteiger partial charge in [-0.25, -0.2) is 4.79 Å². The summed E-state index contributed by atoms with van der Waals surface area (Å²) in [6.45, 7) is 0. The molecule has 0 spiro atoms. The van der Waals surface area contributed by atoms with Crippen LogP contribution in [0.1, 0.15) is 6.23 Å². The van der Waals surface area contributed by atoms with Crippen LogP contribution in [-0.4, -0.2) is 20.7 Å². The Labute approximate surface area is 73.9 Å². The summed E-state index contributed by atoms with van der Waals surface area (Å²) in [5.74, 6) is -0.447. The summed E-state index contributed by atoms with van der Waals surface area (Å²) in [4.78, 5) is 10.6. The third-order valence-corrected chi connectivity index (χ3v) is 1.94. The highest BCUT2D eigenvalue weighted by Crippen LogP contribution is 2.25. The Kier molecular flexibility index (Phi) is 1.60. The largest absolute Gasteiger partial charge is 0.478 e. The molecule has 1 aromatic rings. The number of aliphatic hydroxyl groups excluding tert-OH is 1. The van der Waals surface area contributed by atoms with Crippen LogP contribution in [0.2, 0.25) is 0 Å². The lowest BCUT2D eigenvalue weighted by Gasteiger charge is -2.21. The molecule has 0 aliphatic carbocycles. The lowest BCUT2D eigenvalue weighted by atomic mass is 10.2. The number of nitrogens with zero attached hydrogens (tertiary/aromatic N) is 1. The molecule has 1 aromatic heterocycles. The van der Waals surface area contributed by atoms with Crippen molar-refractivity contribution in [2.24, 2.45) is 0 Å². The lowest BCUT2D eigenvalue weighted by molar-refractivity contribution is -0.134. The SMILES string of the molecule is O=C(O)C1=CNc2cccn2C1O. The zero-order valence-electron chi connectivity index (χ0n) is 6.64. The summed E-state index contributed by atoms with van der Waals surface area (Å²) in [5, 5.41) is 21.0. The van der Waals surface area contributed by atoms with Gasteiger partial charge in [-0.2, -0.15) is 0 Å². The van der Waals surface area contributed by atoms with E-state index in [0.717, 1.165) is 0 Å². The van der Waals surface area contributed by atoms with Crippen LogP contribution < -0.4 is 5.32 Å². The summed E-state index contributed by atoms with van der Waals surface area (Å²) < 4.78 is 1.45. The van der Waals surface area contributed by atoms with Crippen LogP contribution in [0.3, 0.4) is 0 Å². The summed E-state index contributed by atoms with van der Waals surface area (Å²) in [6.07, 6.45) is 1.80. The zero-order valence-corrected chi connectivity index (χ0v) is 6.64. The van der Waals surface area contributed by atoms with Crippen molar-refractivity contribution >= 4 is 11.8 Å². The summed E-state index contributed by atoms with van der Waals surface area (Å²) in [7, 11) is 0. The molecule has 0 bridgehead atoms. The maximum Gasteiger partial charge on any atom is 0.337 e. The Balaban J connectivity index is 2.41. The Hall–Kier alpha value is -1.75. The molecule has 3 N–H and O–H groups in total. The number of carboxylic acids is 1. The maximum atomic E-state index is 10.6. The Morgan fingerprint density at radius 1 is 1.62 bits per heavy atom. The van der Waals surface area contributed by atoms with Crippen LogP contribution in [0.25, 0.3) is 0 Å². The molecule has 5 heteroatoms. The summed E-state index contributed by atoms with van der Waals surface area (Å²) in [5.41, 5.74) is -0.0660. The second-order valence-electron chi connectivity index (χ2n) is 2.72. The maximum absolute atomic E-state index is 10.6. The molecule has 2 heterocycles. The fraction of sp³-hybridized carbons (Fsp3) is 0.125. The fourth-order valence-corrected chi connectivity index (χ4v) is 1.28. The number of rotatable bonds is 1. The van der Waals surface area contributed by atoms with E-state index in [-0.39, 0.29) is 5.57 Å². The molecule has 68 valence electrons. The van der Waals surface area contributed by atoms with Crippen LogP contribution in [0, 0.1) is 0 Å². The molecular formula is C8H8N2O3. The molecular weight excluding hydrogens is 172 g/mol. The standard InChI is InChI=1S/C8H8N2O3/c11-7-5(8(12)13)4-9-6-2-1-3-10(6)7/h1-4,7,9,11H,(H,12,13). The van der Waals surface area contributed by atoms with Crippen LogP contribution >= 0.6 is 0 Å². The molecule has 0 fully saturated rings. The molecule has 0 radical (unpaired) electrons. The smallest absolute Gasteiger partial charge is 0.337 e. The fourth-order valence-electron chi connectivity index (χ4n) is 1.28. The first-order valence-corrected chi connectivity index (χ1v) is 3.75. The van der Waals surface area contributed by atoms with Crippen molar-refractivity contribution in [3.8, 4) is 0 Å². The van der Waals surface area contributed by atoms with E-state index < -0.39 is 12.2 Å². The molecule has 0 saturated heterocycles. The van der Waals surface area contributed by atoms with Gasteiger partial charge in [0, 0.05) is 12.4 Å². The minimum Gasteiger partial charge on any atom is -0.478 e. The first kappa shape index (κ1) is 7.88. The number of fused-ring (bicyclic) bond motifs is 1. The average molecular weight is 180 g/mol. The van der Waals surface area contributed by atoms with E-state index in [1.807, 2.05) is 0 Å². The minimum absolute atomic E-state index is 0.0660. The van der Waals surface area contributed by atoms with Gasteiger partial charge in [-0.05, 0) is 12.1 Å². The van der Waals surface area contributed by atoms with E-state index in [0.29, 0.717) is 5.82 Å². The van der Waals surface area contributed by atoms with Gasteiger partial charge in [0.05, 0.1) is 0 Å². The molecule has 1 aliphatic heterocycles. The van der Waals surface area contributed by atoms with Gasteiger partial charge < -0.3 is 20.1 Å². The highest BCUT2D eigenvalue weighted by Gasteiger charge is 2.24. The van der Waals surface area contributed by atoms with Crippen molar-refractivity contribution in [3.63, 3.8) is 0 Å². The number of nitrogens with one attached hydrogen (secondary N) is 1. The van der Waals surface area contributed by atoms with E-state index in [9.17, 15) is 9.90 Å². The van der Waals surface area contributed by atoms with E-state index in [1.54, 1.807) is 18.3 Å². The predicted octanol–water partition coefficient (Wildman–Crippen LogP) is 0.373. The van der Waals surface area contributed by atoms with Gasteiger partial charge in [0.25, 0.3) is 0 Å². The van der Waals surface area contributed by atoms with Gasteiger partial charge in [0.1, 0.15) is 11.4 Å². The lowest BCUT2D eigenvalue weighted by Crippen LogP contribution is -2.22. The highest BCUT2D eigenvalue weighted by atomic mass is 16.4. The monoisotopic (exact) mass is 180 g/mol. The van der Waals surface area contributed by atoms with Gasteiger partial charge in [-0.1, -0.05) is 0 Å². The molecule has 1 atom stereocenters. The van der Waals surface area contributed by atoms with Gasteiger partial charge >= 0.3 is 5.97 Å². The van der Waals surface area contributed by atoms with Gasteiger partial charge in [-0.3, -0.25) is 0 Å². The van der Waals surface area contributed by atoms with Crippen molar-refractivity contribution < 1.29 is 15.0 Å². The molecule has 1 aliphatic rings. The molecule has 0 saturated carbocycles. The number of carboxylic acid groups (broad SMARTS) is 1. The first-order chi connectivity index (χ1) is 6.20. The number of aliphatic carboxylic acids is 1. The average Bonchev–Trinajstić information content (AvgIpc) is 2.52. The topological polar surface area (TPSA) is 74.5 Å². The van der Waals surface area contributed by atoms with E-state index >= 15 is 0 Å². The van der Waals surface area contributed by atoms with Crippen LogP contribution in [0.4, 0.5) is 5.82 Å². The highest BCUT2D eigenvalue weighted by molar-refractivity contribution is 5.88. The summed E-state index contributed by atoms with van der Waals surface area (Å²) >= 11 is 0. The van der Waals surface area contributed by atoms with Crippen molar-refractivity contribution in [1.82, 2.24) is 4.57 Å². The third kappa shape index (κ3) is 1.09. The second kappa shape index (κ2) is 2.63. The summed E-state index contributed by atoms with van der Waals surface area (Å²) in [6, 6.07) is 3.47. The van der Waals surface area contributed by atoms with Gasteiger partial charge in [0.2, 0.25) is 0 Å². The zero-order chi connectivity index (χ0) is 9.42.